The van der Waals surface area contributed by atoms with Gasteiger partial charge < -0.3 is 10.2 Å². The summed E-state index contributed by atoms with van der Waals surface area (Å²) < 4.78 is 0. The van der Waals surface area contributed by atoms with Crippen molar-refractivity contribution in [1.29, 1.82) is 0 Å². The van der Waals surface area contributed by atoms with Crippen LogP contribution in [-0.2, 0) is 0 Å². The van der Waals surface area contributed by atoms with E-state index < -0.39 is 0 Å². The van der Waals surface area contributed by atoms with E-state index in [4.69, 9.17) is 0 Å². The first-order valence-corrected chi connectivity index (χ1v) is 7.47. The molecule has 3 heteroatoms. The molecule has 1 fully saturated rings. The second-order valence-electron chi connectivity index (χ2n) is 5.12. The van der Waals surface area contributed by atoms with Gasteiger partial charge in [0.15, 0.2) is 0 Å². The Morgan fingerprint density at radius 1 is 1.40 bits per heavy atom. The zero-order chi connectivity index (χ0) is 11.3. The van der Waals surface area contributed by atoms with Crippen LogP contribution in [0.2, 0.25) is 0 Å². The van der Waals surface area contributed by atoms with Crippen molar-refractivity contribution in [1.82, 2.24) is 10.2 Å². The average molecular weight is 230 g/mol. The molecule has 2 atom stereocenters. The lowest BCUT2D eigenvalue weighted by molar-refractivity contribution is 0.161. The zero-order valence-electron chi connectivity index (χ0n) is 10.6. The highest BCUT2D eigenvalue weighted by Crippen LogP contribution is 2.12. The van der Waals surface area contributed by atoms with E-state index in [-0.39, 0.29) is 0 Å². The van der Waals surface area contributed by atoms with E-state index in [2.05, 4.69) is 37.2 Å². The number of hydrogen-bond donors (Lipinski definition) is 1. The quantitative estimate of drug-likeness (QED) is 0.777. The minimum absolute atomic E-state index is 0.695. The molecule has 0 aromatic carbocycles. The van der Waals surface area contributed by atoms with Gasteiger partial charge in [-0.25, -0.2) is 0 Å². The molecule has 1 aliphatic heterocycles. The largest absolute Gasteiger partial charge is 0.311 e. The molecule has 0 aromatic heterocycles. The summed E-state index contributed by atoms with van der Waals surface area (Å²) in [6.07, 6.45) is 2.20. The molecule has 0 saturated carbocycles. The Hall–Kier alpha value is 0.270. The van der Waals surface area contributed by atoms with Gasteiger partial charge in [-0.3, -0.25) is 0 Å². The van der Waals surface area contributed by atoms with Crippen LogP contribution in [-0.4, -0.2) is 49.1 Å². The van der Waals surface area contributed by atoms with Gasteiger partial charge in [-0.1, -0.05) is 20.8 Å². The third-order valence-corrected chi connectivity index (χ3v) is 4.02. The highest BCUT2D eigenvalue weighted by Gasteiger charge is 2.22. The molecule has 0 aromatic rings. The van der Waals surface area contributed by atoms with E-state index in [9.17, 15) is 0 Å². The van der Waals surface area contributed by atoms with Gasteiger partial charge in [-0.15, -0.1) is 0 Å². The van der Waals surface area contributed by atoms with Crippen molar-refractivity contribution in [3.05, 3.63) is 0 Å². The molecular formula is C12H26N2S. The molecule has 0 spiro atoms. The molecule has 0 amide bonds. The molecule has 1 aliphatic rings. The molecule has 1 heterocycles. The van der Waals surface area contributed by atoms with E-state index in [0.717, 1.165) is 18.4 Å². The van der Waals surface area contributed by atoms with Crippen LogP contribution in [0.1, 0.15) is 20.8 Å². The third-order valence-electron chi connectivity index (χ3n) is 3.12. The van der Waals surface area contributed by atoms with Gasteiger partial charge in [0.1, 0.15) is 0 Å². The number of nitrogens with zero attached hydrogens (tertiary/aromatic N) is 1. The van der Waals surface area contributed by atoms with Crippen LogP contribution < -0.4 is 5.32 Å². The SMILES string of the molecule is CSCC(C)CN1CCNC(C(C)C)C1. The summed E-state index contributed by atoms with van der Waals surface area (Å²) in [6, 6.07) is 0.695. The maximum Gasteiger partial charge on any atom is 0.0218 e. The number of piperazine rings is 1. The Morgan fingerprint density at radius 2 is 2.13 bits per heavy atom. The molecule has 0 bridgehead atoms. The second-order valence-corrected chi connectivity index (χ2v) is 6.04. The maximum absolute atomic E-state index is 3.61. The first-order chi connectivity index (χ1) is 7.13. The monoisotopic (exact) mass is 230 g/mol. The normalized spacial score (nSPS) is 25.8. The van der Waals surface area contributed by atoms with Crippen LogP contribution >= 0.6 is 11.8 Å². The summed E-state index contributed by atoms with van der Waals surface area (Å²) in [5.41, 5.74) is 0. The van der Waals surface area contributed by atoms with Gasteiger partial charge in [0, 0.05) is 32.2 Å². The minimum atomic E-state index is 0.695. The molecule has 2 nitrogen and oxygen atoms in total. The van der Waals surface area contributed by atoms with Crippen LogP contribution in [0.15, 0.2) is 0 Å². The molecule has 15 heavy (non-hydrogen) atoms. The second kappa shape index (κ2) is 6.77. The van der Waals surface area contributed by atoms with E-state index in [1.807, 2.05) is 11.8 Å². The van der Waals surface area contributed by atoms with Crippen LogP contribution in [0.5, 0.6) is 0 Å². The minimum Gasteiger partial charge on any atom is -0.311 e. The Balaban J connectivity index is 2.29. The number of thioether (sulfide) groups is 1. The Morgan fingerprint density at radius 3 is 2.73 bits per heavy atom. The molecule has 0 radical (unpaired) electrons. The Labute approximate surface area is 99.2 Å². The van der Waals surface area contributed by atoms with Crippen molar-refractivity contribution in [3.63, 3.8) is 0 Å². The fraction of sp³-hybridized carbons (Fsp3) is 1.00. The van der Waals surface area contributed by atoms with Gasteiger partial charge in [0.05, 0.1) is 0 Å². The van der Waals surface area contributed by atoms with Crippen LogP contribution in [0, 0.1) is 11.8 Å². The summed E-state index contributed by atoms with van der Waals surface area (Å²) in [7, 11) is 0. The van der Waals surface area contributed by atoms with E-state index in [1.165, 1.54) is 25.4 Å². The fourth-order valence-corrected chi connectivity index (χ4v) is 2.91. The van der Waals surface area contributed by atoms with Crippen molar-refractivity contribution < 1.29 is 0 Å². The molecule has 1 rings (SSSR count). The highest BCUT2D eigenvalue weighted by molar-refractivity contribution is 7.98. The molecule has 1 saturated heterocycles. The molecule has 0 aliphatic carbocycles. The number of nitrogens with one attached hydrogen (secondary N) is 1. The lowest BCUT2D eigenvalue weighted by atomic mass is 10.0. The predicted octanol–water partition coefficient (Wildman–Crippen LogP) is 1.92. The highest BCUT2D eigenvalue weighted by atomic mass is 32.2. The van der Waals surface area contributed by atoms with Crippen molar-refractivity contribution in [2.24, 2.45) is 11.8 Å². The number of hydrogen-bond acceptors (Lipinski definition) is 3. The van der Waals surface area contributed by atoms with Crippen LogP contribution in [0.4, 0.5) is 0 Å². The van der Waals surface area contributed by atoms with E-state index in [0.29, 0.717) is 6.04 Å². The molecular weight excluding hydrogens is 204 g/mol. The van der Waals surface area contributed by atoms with Crippen LogP contribution in [0.3, 0.4) is 0 Å². The smallest absolute Gasteiger partial charge is 0.0218 e. The molecule has 2 unspecified atom stereocenters. The lowest BCUT2D eigenvalue weighted by Gasteiger charge is -2.36. The van der Waals surface area contributed by atoms with Gasteiger partial charge in [0.25, 0.3) is 0 Å². The van der Waals surface area contributed by atoms with E-state index >= 15 is 0 Å². The predicted molar refractivity (Wildman–Crippen MR) is 70.6 cm³/mol. The Kier molecular flexibility index (Phi) is 6.02. The van der Waals surface area contributed by atoms with Crippen molar-refractivity contribution in [3.8, 4) is 0 Å². The summed E-state index contributed by atoms with van der Waals surface area (Å²) in [4.78, 5) is 2.63. The zero-order valence-corrected chi connectivity index (χ0v) is 11.4. The van der Waals surface area contributed by atoms with E-state index in [1.54, 1.807) is 0 Å². The molecule has 90 valence electrons. The summed E-state index contributed by atoms with van der Waals surface area (Å²) in [5, 5.41) is 3.61. The first-order valence-electron chi connectivity index (χ1n) is 6.08. The van der Waals surface area contributed by atoms with Gasteiger partial charge in [0.2, 0.25) is 0 Å². The van der Waals surface area contributed by atoms with Gasteiger partial charge in [-0.2, -0.15) is 11.8 Å². The lowest BCUT2D eigenvalue weighted by Crippen LogP contribution is -2.53. The van der Waals surface area contributed by atoms with Crippen molar-refractivity contribution in [2.75, 3.05) is 38.2 Å². The fourth-order valence-electron chi connectivity index (χ4n) is 2.23. The summed E-state index contributed by atoms with van der Waals surface area (Å²) in [5.74, 6) is 2.87. The molecule has 1 N–H and O–H groups in total. The summed E-state index contributed by atoms with van der Waals surface area (Å²) in [6.45, 7) is 11.9. The van der Waals surface area contributed by atoms with Crippen molar-refractivity contribution >= 4 is 11.8 Å². The van der Waals surface area contributed by atoms with Gasteiger partial charge >= 0.3 is 0 Å². The number of rotatable bonds is 5. The maximum atomic E-state index is 3.61. The first kappa shape index (κ1) is 13.3. The summed E-state index contributed by atoms with van der Waals surface area (Å²) >= 11 is 1.96. The van der Waals surface area contributed by atoms with Crippen LogP contribution in [0.25, 0.3) is 0 Å². The Bertz CT molecular complexity index is 173. The third kappa shape index (κ3) is 4.75. The average Bonchev–Trinajstić information content (AvgIpc) is 2.18. The van der Waals surface area contributed by atoms with Gasteiger partial charge in [-0.05, 0) is 23.8 Å². The standard InChI is InChI=1S/C12H26N2S/c1-10(2)12-8-14(6-5-13-12)7-11(3)9-15-4/h10-13H,5-9H2,1-4H3. The van der Waals surface area contributed by atoms with Crippen molar-refractivity contribution in [2.45, 2.75) is 26.8 Å². The topological polar surface area (TPSA) is 15.3 Å².